The van der Waals surface area contributed by atoms with Crippen LogP contribution in [-0.4, -0.2) is 26.6 Å². The van der Waals surface area contributed by atoms with Gasteiger partial charge in [-0.05, 0) is 73.2 Å². The lowest BCUT2D eigenvalue weighted by atomic mass is 10.1. The molecule has 0 atom stereocenters. The first-order chi connectivity index (χ1) is 14.9. The Bertz CT molecular complexity index is 1310. The molecule has 0 unspecified atom stereocenters. The third-order valence-corrected chi connectivity index (χ3v) is 4.74. The number of amides is 1. The molecular formula is C24H18FN3O3. The lowest BCUT2D eigenvalue weighted by Gasteiger charge is -2.05. The van der Waals surface area contributed by atoms with Crippen LogP contribution < -0.4 is 5.32 Å². The predicted octanol–water partition coefficient (Wildman–Crippen LogP) is 4.93. The molecule has 0 spiro atoms. The molecule has 154 valence electrons. The quantitative estimate of drug-likeness (QED) is 0.275. The molecule has 4 rings (SSSR count). The normalized spacial score (nSPS) is 11.2. The van der Waals surface area contributed by atoms with Crippen molar-refractivity contribution in [3.05, 3.63) is 89.8 Å². The summed E-state index contributed by atoms with van der Waals surface area (Å²) in [6.45, 7) is 1.46. The topological polar surface area (TPSA) is 84.2 Å². The summed E-state index contributed by atoms with van der Waals surface area (Å²) in [5.41, 5.74) is 3.40. The van der Waals surface area contributed by atoms with Gasteiger partial charge in [0.05, 0.1) is 5.52 Å². The fourth-order valence-corrected chi connectivity index (χ4v) is 3.10. The fraction of sp³-hybridized carbons (Fsp3) is 0.0417. The summed E-state index contributed by atoms with van der Waals surface area (Å²) < 4.78 is 13.9. The molecule has 0 radical (unpaired) electrons. The molecule has 0 saturated carbocycles. The minimum absolute atomic E-state index is 0.0989. The summed E-state index contributed by atoms with van der Waals surface area (Å²) in [5, 5.41) is 13.2. The number of imidazole rings is 1. The summed E-state index contributed by atoms with van der Waals surface area (Å²) in [6, 6.07) is 17.6. The summed E-state index contributed by atoms with van der Waals surface area (Å²) in [6.07, 6.45) is 2.95. The summed E-state index contributed by atoms with van der Waals surface area (Å²) >= 11 is 0. The largest absolute Gasteiger partial charge is 0.426 e. The predicted molar refractivity (Wildman–Crippen MR) is 116 cm³/mol. The van der Waals surface area contributed by atoms with Crippen LogP contribution in [0.2, 0.25) is 0 Å². The summed E-state index contributed by atoms with van der Waals surface area (Å²) in [5.74, 6) is -0.441. The van der Waals surface area contributed by atoms with E-state index in [1.54, 1.807) is 60.7 Å². The van der Waals surface area contributed by atoms with Gasteiger partial charge in [-0.1, -0.05) is 12.1 Å². The molecule has 2 N–H and O–H groups in total. The Labute approximate surface area is 177 Å². The number of hydrogen-bond donors (Lipinski definition) is 2. The molecule has 4 aromatic rings. The number of carbonyl (C=O) groups excluding carboxylic acids is 2. The van der Waals surface area contributed by atoms with Gasteiger partial charge in [0.15, 0.2) is 11.6 Å². The van der Waals surface area contributed by atoms with E-state index < -0.39 is 0 Å². The molecule has 0 bridgehead atoms. The molecule has 0 aliphatic carbocycles. The van der Waals surface area contributed by atoms with Crippen molar-refractivity contribution < 1.29 is 19.2 Å². The van der Waals surface area contributed by atoms with Gasteiger partial charge in [-0.2, -0.15) is 4.73 Å². The molecule has 1 heterocycles. The zero-order valence-corrected chi connectivity index (χ0v) is 16.5. The average molecular weight is 415 g/mol. The van der Waals surface area contributed by atoms with Crippen molar-refractivity contribution in [3.63, 3.8) is 0 Å². The second-order valence-electron chi connectivity index (χ2n) is 6.96. The van der Waals surface area contributed by atoms with Crippen LogP contribution in [-0.2, 0) is 4.79 Å². The zero-order chi connectivity index (χ0) is 22.0. The first kappa shape index (κ1) is 20.0. The standard InChI is InChI=1S/C24H18FN3O3/c1-15(29)18-7-12-21-22(14-18)28(31)24(27-21)17-5-10-20(11-6-17)26-23(30)13-4-16-2-8-19(25)9-3-16/h2-14,31H,1H3,(H,26,30). The number of fused-ring (bicyclic) bond motifs is 1. The van der Waals surface area contributed by atoms with Gasteiger partial charge in [-0.15, -0.1) is 0 Å². The molecule has 7 heteroatoms. The second-order valence-corrected chi connectivity index (χ2v) is 6.96. The Balaban J connectivity index is 1.50. The maximum Gasteiger partial charge on any atom is 0.248 e. The maximum atomic E-state index is 12.9. The van der Waals surface area contributed by atoms with E-state index in [1.807, 2.05) is 0 Å². The van der Waals surface area contributed by atoms with Crippen LogP contribution in [0, 0.1) is 5.82 Å². The SMILES string of the molecule is CC(=O)c1ccc2nc(-c3ccc(NC(=O)C=Cc4ccc(F)cc4)cc3)n(O)c2c1. The van der Waals surface area contributed by atoms with E-state index in [-0.39, 0.29) is 17.5 Å². The summed E-state index contributed by atoms with van der Waals surface area (Å²) in [4.78, 5) is 28.1. The van der Waals surface area contributed by atoms with Gasteiger partial charge in [0.1, 0.15) is 11.3 Å². The van der Waals surface area contributed by atoms with E-state index in [9.17, 15) is 19.2 Å². The second kappa shape index (κ2) is 8.23. The molecule has 3 aromatic carbocycles. The van der Waals surface area contributed by atoms with Crippen molar-refractivity contribution in [2.45, 2.75) is 6.92 Å². The molecule has 0 saturated heterocycles. The molecule has 1 amide bonds. The van der Waals surface area contributed by atoms with Gasteiger partial charge in [-0.25, -0.2) is 9.37 Å². The van der Waals surface area contributed by atoms with Crippen molar-refractivity contribution in [2.75, 3.05) is 5.32 Å². The number of carbonyl (C=O) groups is 2. The number of nitrogens with zero attached hydrogens (tertiary/aromatic N) is 2. The fourth-order valence-electron chi connectivity index (χ4n) is 3.10. The monoisotopic (exact) mass is 415 g/mol. The van der Waals surface area contributed by atoms with Crippen molar-refractivity contribution in [2.24, 2.45) is 0 Å². The Hall–Kier alpha value is -4.26. The van der Waals surface area contributed by atoms with Crippen LogP contribution in [0.1, 0.15) is 22.8 Å². The molecule has 0 aliphatic rings. The lowest BCUT2D eigenvalue weighted by Crippen LogP contribution is -2.07. The van der Waals surface area contributed by atoms with Gasteiger partial charge in [0.25, 0.3) is 0 Å². The van der Waals surface area contributed by atoms with Crippen LogP contribution in [0.15, 0.2) is 72.8 Å². The number of nitrogens with one attached hydrogen (secondary N) is 1. The smallest absolute Gasteiger partial charge is 0.248 e. The third-order valence-electron chi connectivity index (χ3n) is 4.74. The number of aromatic nitrogens is 2. The summed E-state index contributed by atoms with van der Waals surface area (Å²) in [7, 11) is 0. The van der Waals surface area contributed by atoms with Crippen LogP contribution in [0.25, 0.3) is 28.5 Å². The number of halogens is 1. The number of hydrogen-bond acceptors (Lipinski definition) is 4. The highest BCUT2D eigenvalue weighted by molar-refractivity contribution is 6.02. The molecule has 0 aliphatic heterocycles. The van der Waals surface area contributed by atoms with Gasteiger partial charge in [-0.3, -0.25) is 9.59 Å². The van der Waals surface area contributed by atoms with E-state index in [0.29, 0.717) is 39.2 Å². The van der Waals surface area contributed by atoms with E-state index in [2.05, 4.69) is 10.3 Å². The van der Waals surface area contributed by atoms with E-state index in [4.69, 9.17) is 0 Å². The van der Waals surface area contributed by atoms with E-state index >= 15 is 0 Å². The van der Waals surface area contributed by atoms with Crippen LogP contribution in [0.4, 0.5) is 10.1 Å². The number of anilines is 1. The Kier molecular flexibility index (Phi) is 5.32. The van der Waals surface area contributed by atoms with Gasteiger partial charge >= 0.3 is 0 Å². The number of benzene rings is 3. The Morgan fingerprint density at radius 1 is 1.03 bits per heavy atom. The third kappa shape index (κ3) is 4.35. The number of Topliss-reactive ketones (excluding diaryl/α,β-unsaturated/α-hetero) is 1. The van der Waals surface area contributed by atoms with Gasteiger partial charge < -0.3 is 10.5 Å². The Morgan fingerprint density at radius 2 is 1.74 bits per heavy atom. The maximum absolute atomic E-state index is 12.9. The number of rotatable bonds is 5. The highest BCUT2D eigenvalue weighted by Crippen LogP contribution is 2.25. The van der Waals surface area contributed by atoms with Gasteiger partial charge in [0.2, 0.25) is 5.91 Å². The molecular weight excluding hydrogens is 397 g/mol. The molecule has 31 heavy (non-hydrogen) atoms. The molecule has 1 aromatic heterocycles. The molecule has 6 nitrogen and oxygen atoms in total. The number of ketones is 1. The zero-order valence-electron chi connectivity index (χ0n) is 16.5. The molecule has 0 fully saturated rings. The van der Waals surface area contributed by atoms with E-state index in [0.717, 1.165) is 4.73 Å². The minimum Gasteiger partial charge on any atom is -0.426 e. The van der Waals surface area contributed by atoms with Crippen molar-refractivity contribution in [1.29, 1.82) is 0 Å². The van der Waals surface area contributed by atoms with Crippen LogP contribution >= 0.6 is 0 Å². The highest BCUT2D eigenvalue weighted by atomic mass is 19.1. The van der Waals surface area contributed by atoms with Crippen molar-refractivity contribution >= 4 is 34.5 Å². The minimum atomic E-state index is -0.336. The van der Waals surface area contributed by atoms with Crippen molar-refractivity contribution in [3.8, 4) is 11.4 Å². The lowest BCUT2D eigenvalue weighted by molar-refractivity contribution is -0.111. The van der Waals surface area contributed by atoms with Gasteiger partial charge in [0, 0.05) is 22.9 Å². The van der Waals surface area contributed by atoms with Crippen LogP contribution in [0.5, 0.6) is 0 Å². The highest BCUT2D eigenvalue weighted by Gasteiger charge is 2.13. The Morgan fingerprint density at radius 3 is 2.42 bits per heavy atom. The average Bonchev–Trinajstić information content (AvgIpc) is 3.10. The van der Waals surface area contributed by atoms with Crippen molar-refractivity contribution in [1.82, 2.24) is 9.71 Å². The first-order valence-electron chi connectivity index (χ1n) is 9.48. The van der Waals surface area contributed by atoms with E-state index in [1.165, 1.54) is 25.1 Å². The first-order valence-corrected chi connectivity index (χ1v) is 9.48. The van der Waals surface area contributed by atoms with Crippen LogP contribution in [0.3, 0.4) is 0 Å².